The molecular formula is C14H7ClFNO6. The number of hydrogen-bond acceptors (Lipinski definition) is 5. The van der Waals surface area contributed by atoms with Crippen LogP contribution in [0.15, 0.2) is 36.4 Å². The zero-order valence-corrected chi connectivity index (χ0v) is 11.9. The van der Waals surface area contributed by atoms with E-state index in [0.29, 0.717) is 0 Å². The number of carboxylic acid groups (broad SMARTS) is 1. The fraction of sp³-hybridized carbons (Fsp3) is 0. The summed E-state index contributed by atoms with van der Waals surface area (Å²) in [4.78, 5) is 33.0. The molecule has 118 valence electrons. The summed E-state index contributed by atoms with van der Waals surface area (Å²) in [7, 11) is 0. The molecule has 2 aromatic carbocycles. The van der Waals surface area contributed by atoms with Crippen LogP contribution >= 0.6 is 11.6 Å². The maximum absolute atomic E-state index is 13.6. The minimum atomic E-state index is -1.55. The molecule has 0 aliphatic heterocycles. The lowest BCUT2D eigenvalue weighted by atomic mass is 10.1. The van der Waals surface area contributed by atoms with Crippen LogP contribution in [-0.4, -0.2) is 22.0 Å². The summed E-state index contributed by atoms with van der Waals surface area (Å²) in [5.41, 5.74) is -1.67. The zero-order valence-electron chi connectivity index (χ0n) is 11.2. The molecule has 0 aliphatic rings. The fourth-order valence-corrected chi connectivity index (χ4v) is 1.97. The maximum atomic E-state index is 13.6. The molecule has 2 aromatic rings. The van der Waals surface area contributed by atoms with Gasteiger partial charge in [-0.3, -0.25) is 10.1 Å². The smallest absolute Gasteiger partial charge is 0.348 e. The van der Waals surface area contributed by atoms with E-state index in [1.165, 1.54) is 12.1 Å². The summed E-state index contributed by atoms with van der Waals surface area (Å²) in [5, 5.41) is 19.5. The Morgan fingerprint density at radius 1 is 1.26 bits per heavy atom. The molecule has 1 N–H and O–H groups in total. The summed E-state index contributed by atoms with van der Waals surface area (Å²) in [5.74, 6) is -4.17. The number of hydrogen-bond donors (Lipinski definition) is 1. The van der Waals surface area contributed by atoms with Crippen molar-refractivity contribution in [3.8, 4) is 5.75 Å². The highest BCUT2D eigenvalue weighted by Gasteiger charge is 2.23. The van der Waals surface area contributed by atoms with Crippen LogP contribution in [0.5, 0.6) is 5.75 Å². The van der Waals surface area contributed by atoms with Gasteiger partial charge in [0.15, 0.2) is 0 Å². The van der Waals surface area contributed by atoms with E-state index in [-0.39, 0.29) is 5.02 Å². The highest BCUT2D eigenvalue weighted by Crippen LogP contribution is 2.27. The average Bonchev–Trinajstić information content (AvgIpc) is 2.46. The number of nitro groups is 1. The summed E-state index contributed by atoms with van der Waals surface area (Å²) >= 11 is 5.71. The maximum Gasteiger partial charge on any atom is 0.348 e. The molecule has 0 aromatic heterocycles. The number of aromatic carboxylic acids is 1. The van der Waals surface area contributed by atoms with Crippen LogP contribution in [0.1, 0.15) is 20.7 Å². The first-order valence-electron chi connectivity index (χ1n) is 5.99. The van der Waals surface area contributed by atoms with E-state index in [9.17, 15) is 24.1 Å². The zero-order chi connectivity index (χ0) is 17.1. The number of non-ortho nitro benzene ring substituents is 1. The highest BCUT2D eigenvalue weighted by molar-refractivity contribution is 6.33. The normalized spacial score (nSPS) is 10.2. The molecule has 0 atom stereocenters. The third kappa shape index (κ3) is 3.43. The van der Waals surface area contributed by atoms with Crippen LogP contribution in [0.3, 0.4) is 0 Å². The Labute approximate surface area is 133 Å². The number of nitro benzene ring substituents is 1. The number of carbonyl (C=O) groups excluding carboxylic acids is 1. The number of benzene rings is 2. The summed E-state index contributed by atoms with van der Waals surface area (Å²) in [6.45, 7) is 0. The lowest BCUT2D eigenvalue weighted by Crippen LogP contribution is -2.14. The van der Waals surface area contributed by atoms with Crippen molar-refractivity contribution in [3.63, 3.8) is 0 Å². The Kier molecular flexibility index (Phi) is 4.56. The third-order valence-electron chi connectivity index (χ3n) is 2.77. The van der Waals surface area contributed by atoms with Crippen molar-refractivity contribution in [1.82, 2.24) is 0 Å². The van der Waals surface area contributed by atoms with Gasteiger partial charge in [0.05, 0.1) is 9.95 Å². The van der Waals surface area contributed by atoms with Crippen molar-refractivity contribution in [1.29, 1.82) is 0 Å². The van der Waals surface area contributed by atoms with Crippen molar-refractivity contribution in [2.24, 2.45) is 0 Å². The molecule has 7 nitrogen and oxygen atoms in total. The standard InChI is InChI=1S/C14H7ClFNO6/c15-9-2-1-3-10(16)12(9)14(20)23-11-5-4-7(17(21)22)6-8(11)13(18)19/h1-6H,(H,18,19). The Hall–Kier alpha value is -3.00. The molecule has 0 fully saturated rings. The van der Waals surface area contributed by atoms with Gasteiger partial charge < -0.3 is 9.84 Å². The van der Waals surface area contributed by atoms with E-state index in [2.05, 4.69) is 0 Å². The molecule has 0 heterocycles. The van der Waals surface area contributed by atoms with Crippen LogP contribution in [0.2, 0.25) is 5.02 Å². The first kappa shape index (κ1) is 16.4. The van der Waals surface area contributed by atoms with Gasteiger partial charge in [-0.15, -0.1) is 0 Å². The number of ether oxygens (including phenoxy) is 1. The fourth-order valence-electron chi connectivity index (χ4n) is 1.73. The van der Waals surface area contributed by atoms with Crippen LogP contribution in [-0.2, 0) is 0 Å². The third-order valence-corrected chi connectivity index (χ3v) is 3.09. The number of rotatable bonds is 4. The number of nitrogens with zero attached hydrogens (tertiary/aromatic N) is 1. The average molecular weight is 340 g/mol. The lowest BCUT2D eigenvalue weighted by Gasteiger charge is -2.09. The van der Waals surface area contributed by atoms with Gasteiger partial charge in [-0.05, 0) is 18.2 Å². The van der Waals surface area contributed by atoms with E-state index in [0.717, 1.165) is 24.3 Å². The Morgan fingerprint density at radius 2 is 1.96 bits per heavy atom. The van der Waals surface area contributed by atoms with Gasteiger partial charge in [-0.25, -0.2) is 14.0 Å². The van der Waals surface area contributed by atoms with E-state index in [1.807, 2.05) is 0 Å². The minimum Gasteiger partial charge on any atom is -0.478 e. The van der Waals surface area contributed by atoms with Crippen molar-refractivity contribution >= 4 is 29.2 Å². The van der Waals surface area contributed by atoms with Gasteiger partial charge in [-0.2, -0.15) is 0 Å². The second-order valence-electron chi connectivity index (χ2n) is 4.23. The molecule has 0 bridgehead atoms. The van der Waals surface area contributed by atoms with Crippen LogP contribution in [0, 0.1) is 15.9 Å². The summed E-state index contributed by atoms with van der Waals surface area (Å²) in [6.07, 6.45) is 0. The Balaban J connectivity index is 2.42. The van der Waals surface area contributed by atoms with Gasteiger partial charge in [0, 0.05) is 12.1 Å². The molecule has 2 rings (SSSR count). The molecule has 23 heavy (non-hydrogen) atoms. The molecule has 0 saturated carbocycles. The number of halogens is 2. The van der Waals surface area contributed by atoms with Crippen LogP contribution in [0.4, 0.5) is 10.1 Å². The lowest BCUT2D eigenvalue weighted by molar-refractivity contribution is -0.384. The van der Waals surface area contributed by atoms with E-state index >= 15 is 0 Å². The number of carbonyl (C=O) groups is 2. The topological polar surface area (TPSA) is 107 Å². The van der Waals surface area contributed by atoms with Crippen LogP contribution in [0.25, 0.3) is 0 Å². The monoisotopic (exact) mass is 339 g/mol. The van der Waals surface area contributed by atoms with Gasteiger partial charge in [0.1, 0.15) is 22.7 Å². The van der Waals surface area contributed by atoms with E-state index in [1.54, 1.807) is 0 Å². The van der Waals surface area contributed by atoms with E-state index in [4.69, 9.17) is 21.4 Å². The van der Waals surface area contributed by atoms with Crippen molar-refractivity contribution in [3.05, 3.63) is 68.5 Å². The number of esters is 1. The van der Waals surface area contributed by atoms with E-state index < -0.39 is 45.2 Å². The first-order valence-corrected chi connectivity index (χ1v) is 6.37. The van der Waals surface area contributed by atoms with Gasteiger partial charge in [0.25, 0.3) is 5.69 Å². The van der Waals surface area contributed by atoms with Gasteiger partial charge in [-0.1, -0.05) is 17.7 Å². The Bertz CT molecular complexity index is 803. The van der Waals surface area contributed by atoms with Crippen molar-refractivity contribution in [2.75, 3.05) is 0 Å². The summed E-state index contributed by atoms with van der Waals surface area (Å²) < 4.78 is 18.5. The predicted molar refractivity (Wildman–Crippen MR) is 76.4 cm³/mol. The van der Waals surface area contributed by atoms with Crippen molar-refractivity contribution in [2.45, 2.75) is 0 Å². The molecular weight excluding hydrogens is 333 g/mol. The molecule has 0 saturated heterocycles. The minimum absolute atomic E-state index is 0.214. The largest absolute Gasteiger partial charge is 0.478 e. The van der Waals surface area contributed by atoms with Crippen LogP contribution < -0.4 is 4.74 Å². The Morgan fingerprint density at radius 3 is 2.52 bits per heavy atom. The SMILES string of the molecule is O=C(O)c1cc([N+](=O)[O-])ccc1OC(=O)c1c(F)cccc1Cl. The molecule has 0 unspecified atom stereocenters. The first-order chi connectivity index (χ1) is 10.8. The molecule has 0 radical (unpaired) electrons. The molecule has 0 aliphatic carbocycles. The highest BCUT2D eigenvalue weighted by atomic mass is 35.5. The second-order valence-corrected chi connectivity index (χ2v) is 4.64. The van der Waals surface area contributed by atoms with Gasteiger partial charge >= 0.3 is 11.9 Å². The number of carboxylic acids is 1. The molecule has 9 heteroatoms. The van der Waals surface area contributed by atoms with Crippen molar-refractivity contribution < 1.29 is 28.7 Å². The second kappa shape index (κ2) is 6.41. The molecule has 0 spiro atoms. The van der Waals surface area contributed by atoms with Gasteiger partial charge in [0.2, 0.25) is 0 Å². The molecule has 0 amide bonds. The predicted octanol–water partition coefficient (Wildman–Crippen LogP) is 3.30. The summed E-state index contributed by atoms with van der Waals surface area (Å²) in [6, 6.07) is 6.15. The quantitative estimate of drug-likeness (QED) is 0.396.